The Labute approximate surface area is 165 Å². The lowest BCUT2D eigenvalue weighted by atomic mass is 9.81. The molecule has 1 N–H and O–H groups in total. The molecule has 0 atom stereocenters. The van der Waals surface area contributed by atoms with Crippen molar-refractivity contribution in [2.75, 3.05) is 18.9 Å². The summed E-state index contributed by atoms with van der Waals surface area (Å²) in [5.41, 5.74) is 3.81. The number of rotatable bonds is 3. The maximum atomic E-state index is 13.0. The highest BCUT2D eigenvalue weighted by molar-refractivity contribution is 5.94. The highest BCUT2D eigenvalue weighted by Crippen LogP contribution is 2.42. The Kier molecular flexibility index (Phi) is 4.09. The van der Waals surface area contributed by atoms with Crippen LogP contribution in [0, 0.1) is 5.92 Å². The highest BCUT2D eigenvalue weighted by atomic mass is 19.3. The monoisotopic (exact) mass is 398 g/mol. The summed E-state index contributed by atoms with van der Waals surface area (Å²) in [6.45, 7) is 2.63. The molecule has 0 spiro atoms. The average molecular weight is 398 g/mol. The number of nitrogens with zero attached hydrogens (tertiary/aromatic N) is 5. The molecule has 1 aliphatic carbocycles. The number of likely N-dealkylation sites (N-methyl/N-ethyl adjacent to an activating group) is 1. The first-order valence-corrected chi connectivity index (χ1v) is 9.56. The molecular formula is C20H20F2N6O. The zero-order chi connectivity index (χ0) is 20.2. The Bertz CT molecular complexity index is 1100. The smallest absolute Gasteiger partial charge is 0.249 e. The minimum Gasteiger partial charge on any atom is -0.310 e. The van der Waals surface area contributed by atoms with Crippen LogP contribution in [0.4, 0.5) is 14.6 Å². The number of amides is 1. The van der Waals surface area contributed by atoms with Crippen molar-refractivity contribution in [1.82, 2.24) is 24.6 Å². The van der Waals surface area contributed by atoms with Gasteiger partial charge >= 0.3 is 0 Å². The van der Waals surface area contributed by atoms with Crippen LogP contribution in [-0.2, 0) is 17.9 Å². The number of alkyl halides is 2. The molecule has 0 unspecified atom stereocenters. The van der Waals surface area contributed by atoms with Crippen molar-refractivity contribution in [3.8, 4) is 11.1 Å². The number of hydrogen-bond donors (Lipinski definition) is 1. The molecule has 4 heterocycles. The van der Waals surface area contributed by atoms with Crippen LogP contribution < -0.4 is 5.32 Å². The van der Waals surface area contributed by atoms with Gasteiger partial charge in [-0.1, -0.05) is 0 Å². The molecule has 1 fully saturated rings. The van der Waals surface area contributed by atoms with Gasteiger partial charge in [0.1, 0.15) is 5.82 Å². The van der Waals surface area contributed by atoms with E-state index in [-0.39, 0.29) is 0 Å². The first kappa shape index (κ1) is 18.1. The number of anilines is 1. The van der Waals surface area contributed by atoms with Gasteiger partial charge in [0.05, 0.1) is 30.1 Å². The van der Waals surface area contributed by atoms with Gasteiger partial charge in [0, 0.05) is 54.6 Å². The lowest BCUT2D eigenvalue weighted by Crippen LogP contribution is -2.42. The van der Waals surface area contributed by atoms with E-state index in [0.717, 1.165) is 41.8 Å². The van der Waals surface area contributed by atoms with Crippen LogP contribution >= 0.6 is 0 Å². The molecule has 1 aliphatic heterocycles. The average Bonchev–Trinajstić information content (AvgIpc) is 3.08. The van der Waals surface area contributed by atoms with Crippen LogP contribution in [0.15, 0.2) is 30.7 Å². The maximum absolute atomic E-state index is 13.0. The minimum absolute atomic E-state index is 0.341. The standard InChI is InChI=1S/C20H20F2N6O/c1-27-2-3-28-17(11-27)15(9-25-28)13-4-12-5-18(24-10-16(12)23-8-13)26-19(29)14-6-20(21,22)7-14/h4-5,8-10,14H,2-3,6-7,11H2,1H3,(H,24,26,29). The van der Waals surface area contributed by atoms with Gasteiger partial charge in [-0.15, -0.1) is 0 Å². The maximum Gasteiger partial charge on any atom is 0.249 e. The van der Waals surface area contributed by atoms with Crippen LogP contribution in [0.1, 0.15) is 18.5 Å². The molecule has 5 rings (SSSR count). The molecule has 2 aliphatic rings. The zero-order valence-corrected chi connectivity index (χ0v) is 15.9. The molecular weight excluding hydrogens is 378 g/mol. The summed E-state index contributed by atoms with van der Waals surface area (Å²) in [6, 6.07) is 3.71. The third-order valence-electron chi connectivity index (χ3n) is 5.65. The Morgan fingerprint density at radius 3 is 2.79 bits per heavy atom. The Morgan fingerprint density at radius 1 is 1.17 bits per heavy atom. The molecule has 3 aromatic rings. The van der Waals surface area contributed by atoms with E-state index in [4.69, 9.17) is 0 Å². The van der Waals surface area contributed by atoms with Crippen LogP contribution in [-0.4, -0.2) is 50.1 Å². The van der Waals surface area contributed by atoms with E-state index in [9.17, 15) is 13.6 Å². The second-order valence-electron chi connectivity index (χ2n) is 7.90. The van der Waals surface area contributed by atoms with Crippen molar-refractivity contribution < 1.29 is 13.6 Å². The van der Waals surface area contributed by atoms with Crippen molar-refractivity contribution in [2.45, 2.75) is 31.9 Å². The quantitative estimate of drug-likeness (QED) is 0.734. The second kappa shape index (κ2) is 6.55. The number of nitrogens with one attached hydrogen (secondary N) is 1. The second-order valence-corrected chi connectivity index (χ2v) is 7.90. The van der Waals surface area contributed by atoms with Gasteiger partial charge < -0.3 is 5.32 Å². The van der Waals surface area contributed by atoms with E-state index in [1.165, 1.54) is 0 Å². The van der Waals surface area contributed by atoms with Gasteiger partial charge in [0.2, 0.25) is 11.8 Å². The summed E-state index contributed by atoms with van der Waals surface area (Å²) in [7, 11) is 2.08. The number of aromatic nitrogens is 4. The number of hydrogen-bond acceptors (Lipinski definition) is 5. The van der Waals surface area contributed by atoms with Gasteiger partial charge in [0.25, 0.3) is 0 Å². The molecule has 9 heteroatoms. The van der Waals surface area contributed by atoms with E-state index in [0.29, 0.717) is 11.3 Å². The summed E-state index contributed by atoms with van der Waals surface area (Å²) in [4.78, 5) is 23.1. The topological polar surface area (TPSA) is 75.9 Å². The molecule has 150 valence electrons. The highest BCUT2D eigenvalue weighted by Gasteiger charge is 2.48. The fourth-order valence-corrected chi connectivity index (χ4v) is 3.93. The summed E-state index contributed by atoms with van der Waals surface area (Å²) in [5.74, 6) is -3.46. The molecule has 0 saturated heterocycles. The van der Waals surface area contributed by atoms with Crippen molar-refractivity contribution in [3.05, 3.63) is 36.4 Å². The fourth-order valence-electron chi connectivity index (χ4n) is 3.93. The third kappa shape index (κ3) is 3.35. The first-order chi connectivity index (χ1) is 13.9. The predicted molar refractivity (Wildman–Crippen MR) is 103 cm³/mol. The largest absolute Gasteiger partial charge is 0.310 e. The lowest BCUT2D eigenvalue weighted by Gasteiger charge is -2.33. The summed E-state index contributed by atoms with van der Waals surface area (Å²) in [5, 5.41) is 7.95. The van der Waals surface area contributed by atoms with Crippen molar-refractivity contribution >= 4 is 22.6 Å². The molecule has 1 saturated carbocycles. The molecule has 0 aromatic carbocycles. The molecule has 3 aromatic heterocycles. The first-order valence-electron chi connectivity index (χ1n) is 9.56. The SMILES string of the molecule is CN1CCn2ncc(-c3cnc4cnc(NC(=O)C5CC(F)(F)C5)cc4c3)c2C1. The van der Waals surface area contributed by atoms with Gasteiger partial charge in [-0.2, -0.15) is 5.10 Å². The van der Waals surface area contributed by atoms with Gasteiger partial charge in [-0.05, 0) is 19.2 Å². The molecule has 29 heavy (non-hydrogen) atoms. The van der Waals surface area contributed by atoms with E-state index < -0.39 is 30.6 Å². The van der Waals surface area contributed by atoms with E-state index in [1.54, 1.807) is 18.5 Å². The molecule has 0 radical (unpaired) electrons. The number of pyridine rings is 2. The van der Waals surface area contributed by atoms with Crippen molar-refractivity contribution in [2.24, 2.45) is 5.92 Å². The minimum atomic E-state index is -2.73. The normalized spacial score (nSPS) is 19.0. The van der Waals surface area contributed by atoms with E-state index in [2.05, 4.69) is 32.3 Å². The van der Waals surface area contributed by atoms with Crippen LogP contribution in [0.5, 0.6) is 0 Å². The lowest BCUT2D eigenvalue weighted by molar-refractivity contribution is -0.145. The Hall–Kier alpha value is -2.94. The van der Waals surface area contributed by atoms with Gasteiger partial charge in [0.15, 0.2) is 0 Å². The van der Waals surface area contributed by atoms with Crippen molar-refractivity contribution in [3.63, 3.8) is 0 Å². The number of halogens is 2. The number of carbonyl (C=O) groups is 1. The molecule has 0 bridgehead atoms. The Morgan fingerprint density at radius 2 is 2.00 bits per heavy atom. The van der Waals surface area contributed by atoms with Gasteiger partial charge in [-0.3, -0.25) is 19.4 Å². The van der Waals surface area contributed by atoms with Crippen molar-refractivity contribution in [1.29, 1.82) is 0 Å². The summed E-state index contributed by atoms with van der Waals surface area (Å²) >= 11 is 0. The number of fused-ring (bicyclic) bond motifs is 2. The fraction of sp³-hybridized carbons (Fsp3) is 0.400. The summed E-state index contributed by atoms with van der Waals surface area (Å²) in [6.07, 6.45) is 4.42. The molecule has 1 amide bonds. The Balaban J connectivity index is 1.42. The van der Waals surface area contributed by atoms with Crippen LogP contribution in [0.25, 0.3) is 22.0 Å². The zero-order valence-electron chi connectivity index (χ0n) is 15.9. The third-order valence-corrected chi connectivity index (χ3v) is 5.65. The van der Waals surface area contributed by atoms with E-state index >= 15 is 0 Å². The van der Waals surface area contributed by atoms with Crippen LogP contribution in [0.2, 0.25) is 0 Å². The predicted octanol–water partition coefficient (Wildman–Crippen LogP) is 2.92. The van der Waals surface area contributed by atoms with Crippen LogP contribution in [0.3, 0.4) is 0 Å². The van der Waals surface area contributed by atoms with Gasteiger partial charge in [-0.25, -0.2) is 13.8 Å². The van der Waals surface area contributed by atoms with E-state index in [1.807, 2.05) is 16.9 Å². The number of carbonyl (C=O) groups excluding carboxylic acids is 1. The summed E-state index contributed by atoms with van der Waals surface area (Å²) < 4.78 is 28.0. The molecule has 7 nitrogen and oxygen atoms in total.